The third kappa shape index (κ3) is 3.67. The van der Waals surface area contributed by atoms with Crippen molar-refractivity contribution in [3.8, 4) is 11.4 Å². The first kappa shape index (κ1) is 17.3. The molecular formula is C22H28N4. The van der Waals surface area contributed by atoms with Gasteiger partial charge in [-0.15, -0.1) is 0 Å². The van der Waals surface area contributed by atoms with Gasteiger partial charge in [0.25, 0.3) is 0 Å². The van der Waals surface area contributed by atoms with E-state index in [2.05, 4.69) is 64.4 Å². The van der Waals surface area contributed by atoms with Gasteiger partial charge in [0.1, 0.15) is 5.82 Å². The molecule has 2 atom stereocenters. The summed E-state index contributed by atoms with van der Waals surface area (Å²) in [7, 11) is 0. The van der Waals surface area contributed by atoms with Gasteiger partial charge in [-0.25, -0.2) is 4.98 Å². The van der Waals surface area contributed by atoms with Crippen molar-refractivity contribution in [2.45, 2.75) is 32.9 Å². The quantitative estimate of drug-likeness (QED) is 0.731. The summed E-state index contributed by atoms with van der Waals surface area (Å²) < 4.78 is 0. The molecule has 0 unspecified atom stereocenters. The summed E-state index contributed by atoms with van der Waals surface area (Å²) in [5, 5.41) is 3.76. The monoisotopic (exact) mass is 348 g/mol. The molecule has 26 heavy (non-hydrogen) atoms. The average molecular weight is 348 g/mol. The maximum Gasteiger partial charge on any atom is 0.138 e. The molecule has 1 saturated heterocycles. The SMILES string of the molecule is CCN1CC[C@H](NCc2ccc(-c3nc4ccccc4[nH]3)cc2)[C@H](C)C1. The fourth-order valence-electron chi connectivity index (χ4n) is 3.94. The van der Waals surface area contributed by atoms with Gasteiger partial charge in [0.2, 0.25) is 0 Å². The Morgan fingerprint density at radius 3 is 2.69 bits per heavy atom. The van der Waals surface area contributed by atoms with Gasteiger partial charge in [0.15, 0.2) is 0 Å². The van der Waals surface area contributed by atoms with Gasteiger partial charge in [0.05, 0.1) is 11.0 Å². The lowest BCUT2D eigenvalue weighted by Gasteiger charge is -2.37. The molecule has 0 amide bonds. The highest BCUT2D eigenvalue weighted by Crippen LogP contribution is 2.21. The maximum atomic E-state index is 4.68. The second kappa shape index (κ2) is 7.60. The van der Waals surface area contributed by atoms with E-state index in [9.17, 15) is 0 Å². The molecule has 0 spiro atoms. The van der Waals surface area contributed by atoms with Crippen LogP contribution in [-0.4, -0.2) is 40.5 Å². The van der Waals surface area contributed by atoms with Crippen LogP contribution in [0, 0.1) is 5.92 Å². The first-order valence-corrected chi connectivity index (χ1v) is 9.72. The highest BCUT2D eigenvalue weighted by molar-refractivity contribution is 5.79. The van der Waals surface area contributed by atoms with Gasteiger partial charge in [-0.3, -0.25) is 0 Å². The smallest absolute Gasteiger partial charge is 0.138 e. The molecule has 2 aromatic carbocycles. The Hall–Kier alpha value is -2.17. The van der Waals surface area contributed by atoms with E-state index < -0.39 is 0 Å². The molecule has 1 aliphatic rings. The Morgan fingerprint density at radius 1 is 1.15 bits per heavy atom. The Morgan fingerprint density at radius 2 is 1.96 bits per heavy atom. The molecule has 4 nitrogen and oxygen atoms in total. The lowest BCUT2D eigenvalue weighted by molar-refractivity contribution is 0.153. The molecule has 0 aliphatic carbocycles. The summed E-state index contributed by atoms with van der Waals surface area (Å²) in [6.07, 6.45) is 1.24. The first-order valence-electron chi connectivity index (χ1n) is 9.72. The fraction of sp³-hybridized carbons (Fsp3) is 0.409. The van der Waals surface area contributed by atoms with Crippen LogP contribution in [-0.2, 0) is 6.54 Å². The number of rotatable bonds is 5. The van der Waals surface area contributed by atoms with Crippen molar-refractivity contribution in [3.05, 3.63) is 54.1 Å². The zero-order chi connectivity index (χ0) is 17.9. The lowest BCUT2D eigenvalue weighted by Crippen LogP contribution is -2.47. The predicted octanol–water partition coefficient (Wildman–Crippen LogP) is 4.05. The summed E-state index contributed by atoms with van der Waals surface area (Å²) in [4.78, 5) is 10.6. The van der Waals surface area contributed by atoms with Crippen LogP contribution in [0.25, 0.3) is 22.4 Å². The molecule has 0 saturated carbocycles. The number of benzene rings is 2. The summed E-state index contributed by atoms with van der Waals surface area (Å²) >= 11 is 0. The first-order chi connectivity index (χ1) is 12.7. The van der Waals surface area contributed by atoms with Crippen LogP contribution >= 0.6 is 0 Å². The van der Waals surface area contributed by atoms with Gasteiger partial charge < -0.3 is 15.2 Å². The van der Waals surface area contributed by atoms with E-state index in [0.29, 0.717) is 12.0 Å². The topological polar surface area (TPSA) is 44.0 Å². The maximum absolute atomic E-state index is 4.68. The van der Waals surface area contributed by atoms with E-state index in [-0.39, 0.29) is 0 Å². The number of H-pyrrole nitrogens is 1. The summed E-state index contributed by atoms with van der Waals surface area (Å²) in [6, 6.07) is 17.5. The van der Waals surface area contributed by atoms with Crippen molar-refractivity contribution in [1.29, 1.82) is 0 Å². The summed E-state index contributed by atoms with van der Waals surface area (Å²) in [6.45, 7) is 9.14. The molecule has 3 aromatic rings. The van der Waals surface area contributed by atoms with E-state index in [1.807, 2.05) is 18.2 Å². The number of likely N-dealkylation sites (tertiary alicyclic amines) is 1. The number of hydrogen-bond acceptors (Lipinski definition) is 3. The molecule has 1 fully saturated rings. The zero-order valence-corrected chi connectivity index (χ0v) is 15.7. The van der Waals surface area contributed by atoms with Crippen molar-refractivity contribution >= 4 is 11.0 Å². The normalized spacial score (nSPS) is 21.3. The number of hydrogen-bond donors (Lipinski definition) is 2. The zero-order valence-electron chi connectivity index (χ0n) is 15.7. The van der Waals surface area contributed by atoms with Crippen molar-refractivity contribution in [2.24, 2.45) is 5.92 Å². The largest absolute Gasteiger partial charge is 0.338 e. The minimum absolute atomic E-state index is 0.618. The molecule has 4 rings (SSSR count). The molecule has 136 valence electrons. The fourth-order valence-corrected chi connectivity index (χ4v) is 3.94. The van der Waals surface area contributed by atoms with E-state index in [1.165, 1.54) is 31.6 Å². The van der Waals surface area contributed by atoms with Crippen molar-refractivity contribution < 1.29 is 0 Å². The third-order valence-electron chi connectivity index (χ3n) is 5.62. The van der Waals surface area contributed by atoms with Crippen LogP contribution in [0.3, 0.4) is 0 Å². The van der Waals surface area contributed by atoms with Gasteiger partial charge in [-0.2, -0.15) is 0 Å². The second-order valence-electron chi connectivity index (χ2n) is 7.45. The van der Waals surface area contributed by atoms with Crippen LogP contribution in [0.2, 0.25) is 0 Å². The number of aromatic nitrogens is 2. The van der Waals surface area contributed by atoms with Gasteiger partial charge in [-0.1, -0.05) is 50.2 Å². The summed E-state index contributed by atoms with van der Waals surface area (Å²) in [5.41, 5.74) is 4.56. The van der Waals surface area contributed by atoms with E-state index in [4.69, 9.17) is 0 Å². The Kier molecular flexibility index (Phi) is 5.05. The number of nitrogens with zero attached hydrogens (tertiary/aromatic N) is 2. The Labute approximate surface area is 155 Å². The lowest BCUT2D eigenvalue weighted by atomic mass is 9.93. The predicted molar refractivity (Wildman–Crippen MR) is 108 cm³/mol. The number of fused-ring (bicyclic) bond motifs is 1. The molecule has 0 bridgehead atoms. The van der Waals surface area contributed by atoms with Crippen LogP contribution in [0.15, 0.2) is 48.5 Å². The second-order valence-corrected chi connectivity index (χ2v) is 7.45. The number of nitrogens with one attached hydrogen (secondary N) is 2. The Balaban J connectivity index is 1.39. The highest BCUT2D eigenvalue weighted by atomic mass is 15.1. The molecule has 4 heteroatoms. The molecule has 2 N–H and O–H groups in total. The minimum atomic E-state index is 0.618. The van der Waals surface area contributed by atoms with Crippen LogP contribution < -0.4 is 5.32 Å². The van der Waals surface area contributed by atoms with E-state index >= 15 is 0 Å². The number of para-hydroxylation sites is 2. The number of piperidine rings is 1. The van der Waals surface area contributed by atoms with Crippen molar-refractivity contribution in [1.82, 2.24) is 20.2 Å². The number of imidazole rings is 1. The van der Waals surface area contributed by atoms with Crippen LogP contribution in [0.5, 0.6) is 0 Å². The van der Waals surface area contributed by atoms with Crippen LogP contribution in [0.1, 0.15) is 25.8 Å². The molecule has 2 heterocycles. The molecule has 1 aliphatic heterocycles. The van der Waals surface area contributed by atoms with Gasteiger partial charge in [-0.05, 0) is 43.1 Å². The molecular weight excluding hydrogens is 320 g/mol. The van der Waals surface area contributed by atoms with Crippen molar-refractivity contribution in [2.75, 3.05) is 19.6 Å². The van der Waals surface area contributed by atoms with Crippen molar-refractivity contribution in [3.63, 3.8) is 0 Å². The summed E-state index contributed by atoms with van der Waals surface area (Å²) in [5.74, 6) is 1.64. The Bertz CT molecular complexity index is 819. The minimum Gasteiger partial charge on any atom is -0.338 e. The third-order valence-corrected chi connectivity index (χ3v) is 5.62. The molecule has 0 radical (unpaired) electrons. The van der Waals surface area contributed by atoms with Crippen LogP contribution in [0.4, 0.5) is 0 Å². The number of aromatic amines is 1. The van der Waals surface area contributed by atoms with Gasteiger partial charge >= 0.3 is 0 Å². The average Bonchev–Trinajstić information content (AvgIpc) is 3.11. The van der Waals surface area contributed by atoms with E-state index in [0.717, 1.165) is 29.0 Å². The van der Waals surface area contributed by atoms with Gasteiger partial charge in [0, 0.05) is 24.7 Å². The highest BCUT2D eigenvalue weighted by Gasteiger charge is 2.24. The molecule has 1 aromatic heterocycles. The standard InChI is InChI=1S/C22H28N4/c1-3-26-13-12-19(16(2)15-26)23-14-17-8-10-18(11-9-17)22-24-20-6-4-5-7-21(20)25-22/h4-11,16,19,23H,3,12-15H2,1-2H3,(H,24,25)/t16-,19+/m1/s1. The van der Waals surface area contributed by atoms with E-state index in [1.54, 1.807) is 0 Å².